The number of benzene rings is 2. The van der Waals surface area contributed by atoms with Gasteiger partial charge in [-0.05, 0) is 56.7 Å². The first-order chi connectivity index (χ1) is 13.0. The van der Waals surface area contributed by atoms with Crippen molar-refractivity contribution in [3.8, 4) is 11.5 Å². The summed E-state index contributed by atoms with van der Waals surface area (Å²) in [7, 11) is 3.19. The van der Waals surface area contributed by atoms with E-state index in [9.17, 15) is 4.79 Å². The molecule has 0 saturated heterocycles. The van der Waals surface area contributed by atoms with E-state index in [1.54, 1.807) is 26.4 Å². The van der Waals surface area contributed by atoms with Gasteiger partial charge in [-0.2, -0.15) is 0 Å². The van der Waals surface area contributed by atoms with E-state index >= 15 is 0 Å². The van der Waals surface area contributed by atoms with Gasteiger partial charge in [0.25, 0.3) is 0 Å². The third kappa shape index (κ3) is 5.29. The second-order valence-electron chi connectivity index (χ2n) is 6.14. The molecule has 0 bridgehead atoms. The van der Waals surface area contributed by atoms with Crippen molar-refractivity contribution >= 4 is 23.0 Å². The standard InChI is InChI=1S/C21H29N3O3/c1-6-24(7-2)16-8-10-18(15(3)12-16)23-21(25)14-22-19-13-17(26-4)9-11-20(19)27-5/h8-13,22H,6-7,14H2,1-5H3,(H,23,25). The summed E-state index contributed by atoms with van der Waals surface area (Å²) in [4.78, 5) is 14.6. The van der Waals surface area contributed by atoms with E-state index in [4.69, 9.17) is 9.47 Å². The van der Waals surface area contributed by atoms with Crippen molar-refractivity contribution < 1.29 is 14.3 Å². The predicted octanol–water partition coefficient (Wildman–Crippen LogP) is 3.91. The second-order valence-corrected chi connectivity index (χ2v) is 6.14. The molecule has 1 amide bonds. The Hall–Kier alpha value is -2.89. The number of nitrogens with one attached hydrogen (secondary N) is 2. The molecule has 2 N–H and O–H groups in total. The van der Waals surface area contributed by atoms with Crippen LogP contribution in [0.4, 0.5) is 17.1 Å². The minimum atomic E-state index is -0.126. The highest BCUT2D eigenvalue weighted by molar-refractivity contribution is 5.94. The maximum Gasteiger partial charge on any atom is 0.243 e. The first-order valence-electron chi connectivity index (χ1n) is 9.13. The zero-order valence-corrected chi connectivity index (χ0v) is 16.8. The molecule has 0 heterocycles. The van der Waals surface area contributed by atoms with Gasteiger partial charge in [-0.1, -0.05) is 0 Å². The molecule has 0 aliphatic rings. The van der Waals surface area contributed by atoms with Crippen LogP contribution in [-0.4, -0.2) is 39.8 Å². The Morgan fingerprint density at radius 2 is 1.74 bits per heavy atom. The SMILES string of the molecule is CCN(CC)c1ccc(NC(=O)CNc2cc(OC)ccc2OC)c(C)c1. The van der Waals surface area contributed by atoms with Gasteiger partial charge in [0.15, 0.2) is 0 Å². The lowest BCUT2D eigenvalue weighted by molar-refractivity contribution is -0.114. The molecule has 2 aromatic rings. The van der Waals surface area contributed by atoms with E-state index in [0.717, 1.165) is 30.0 Å². The molecule has 0 saturated carbocycles. The van der Waals surface area contributed by atoms with Crippen LogP contribution in [0.5, 0.6) is 11.5 Å². The summed E-state index contributed by atoms with van der Waals surface area (Å²) in [6.07, 6.45) is 0. The van der Waals surface area contributed by atoms with Gasteiger partial charge < -0.3 is 25.0 Å². The van der Waals surface area contributed by atoms with Crippen LogP contribution in [0.15, 0.2) is 36.4 Å². The maximum absolute atomic E-state index is 12.4. The highest BCUT2D eigenvalue weighted by atomic mass is 16.5. The fourth-order valence-electron chi connectivity index (χ4n) is 2.90. The van der Waals surface area contributed by atoms with Crippen LogP contribution in [0.3, 0.4) is 0 Å². The summed E-state index contributed by atoms with van der Waals surface area (Å²) in [6.45, 7) is 8.30. The minimum absolute atomic E-state index is 0.126. The van der Waals surface area contributed by atoms with Crippen molar-refractivity contribution in [1.29, 1.82) is 0 Å². The van der Waals surface area contributed by atoms with Gasteiger partial charge in [-0.15, -0.1) is 0 Å². The minimum Gasteiger partial charge on any atom is -0.497 e. The van der Waals surface area contributed by atoms with E-state index in [0.29, 0.717) is 17.2 Å². The Bertz CT molecular complexity index is 773. The van der Waals surface area contributed by atoms with Crippen molar-refractivity contribution in [2.24, 2.45) is 0 Å². The van der Waals surface area contributed by atoms with Crippen LogP contribution < -0.4 is 25.0 Å². The second kappa shape index (κ2) is 9.71. The number of aryl methyl sites for hydroxylation is 1. The number of ether oxygens (including phenoxy) is 2. The van der Waals surface area contributed by atoms with E-state index in [2.05, 4.69) is 35.4 Å². The summed E-state index contributed by atoms with van der Waals surface area (Å²) < 4.78 is 10.5. The highest BCUT2D eigenvalue weighted by Gasteiger charge is 2.10. The van der Waals surface area contributed by atoms with Crippen LogP contribution in [0.1, 0.15) is 19.4 Å². The van der Waals surface area contributed by atoms with E-state index in [1.807, 2.05) is 25.1 Å². The monoisotopic (exact) mass is 371 g/mol. The molecule has 146 valence electrons. The molecule has 0 aromatic heterocycles. The third-order valence-corrected chi connectivity index (χ3v) is 4.46. The van der Waals surface area contributed by atoms with Gasteiger partial charge in [-0.3, -0.25) is 4.79 Å². The van der Waals surface area contributed by atoms with Gasteiger partial charge >= 0.3 is 0 Å². The van der Waals surface area contributed by atoms with E-state index < -0.39 is 0 Å². The topological polar surface area (TPSA) is 62.8 Å². The fourth-order valence-corrected chi connectivity index (χ4v) is 2.90. The van der Waals surface area contributed by atoms with E-state index in [-0.39, 0.29) is 12.5 Å². The van der Waals surface area contributed by atoms with Crippen molar-refractivity contribution in [1.82, 2.24) is 0 Å². The fraction of sp³-hybridized carbons (Fsp3) is 0.381. The Morgan fingerprint density at radius 1 is 1.00 bits per heavy atom. The summed E-state index contributed by atoms with van der Waals surface area (Å²) in [5, 5.41) is 6.06. The number of hydrogen-bond donors (Lipinski definition) is 2. The summed E-state index contributed by atoms with van der Waals surface area (Å²) in [5.41, 5.74) is 3.72. The molecule has 0 radical (unpaired) electrons. The van der Waals surface area contributed by atoms with Gasteiger partial charge in [0.05, 0.1) is 26.5 Å². The number of anilines is 3. The molecule has 0 fully saturated rings. The molecule has 0 unspecified atom stereocenters. The predicted molar refractivity (Wildman–Crippen MR) is 111 cm³/mol. The number of nitrogens with zero attached hydrogens (tertiary/aromatic N) is 1. The van der Waals surface area contributed by atoms with Crippen LogP contribution in [0.25, 0.3) is 0 Å². The quantitative estimate of drug-likeness (QED) is 0.700. The summed E-state index contributed by atoms with van der Waals surface area (Å²) in [6, 6.07) is 11.5. The lowest BCUT2D eigenvalue weighted by Gasteiger charge is -2.22. The first-order valence-corrected chi connectivity index (χ1v) is 9.13. The van der Waals surface area contributed by atoms with Gasteiger partial charge in [0.1, 0.15) is 11.5 Å². The third-order valence-electron chi connectivity index (χ3n) is 4.46. The molecular weight excluding hydrogens is 342 g/mol. The Morgan fingerprint density at radius 3 is 2.33 bits per heavy atom. The Kier molecular flexibility index (Phi) is 7.34. The average Bonchev–Trinajstić information content (AvgIpc) is 2.69. The van der Waals surface area contributed by atoms with Gasteiger partial charge in [0, 0.05) is 30.5 Å². The van der Waals surface area contributed by atoms with Crippen molar-refractivity contribution in [2.45, 2.75) is 20.8 Å². The normalized spacial score (nSPS) is 10.3. The van der Waals surface area contributed by atoms with Crippen molar-refractivity contribution in [2.75, 3.05) is 49.4 Å². The maximum atomic E-state index is 12.4. The van der Waals surface area contributed by atoms with Crippen LogP contribution >= 0.6 is 0 Å². The Labute approximate surface area is 161 Å². The van der Waals surface area contributed by atoms with Crippen LogP contribution in [-0.2, 0) is 4.79 Å². The van der Waals surface area contributed by atoms with Gasteiger partial charge in [0.2, 0.25) is 5.91 Å². The number of methoxy groups -OCH3 is 2. The van der Waals surface area contributed by atoms with Crippen molar-refractivity contribution in [3.63, 3.8) is 0 Å². The first kappa shape index (κ1) is 20.4. The molecule has 27 heavy (non-hydrogen) atoms. The van der Waals surface area contributed by atoms with Crippen LogP contribution in [0, 0.1) is 6.92 Å². The number of amides is 1. The summed E-state index contributed by atoms with van der Waals surface area (Å²) in [5.74, 6) is 1.23. The Balaban J connectivity index is 2.02. The molecule has 0 aliphatic carbocycles. The largest absolute Gasteiger partial charge is 0.497 e. The number of carbonyl (C=O) groups excluding carboxylic acids is 1. The van der Waals surface area contributed by atoms with Crippen molar-refractivity contribution in [3.05, 3.63) is 42.0 Å². The molecule has 0 spiro atoms. The molecule has 6 heteroatoms. The molecular formula is C21H29N3O3. The lowest BCUT2D eigenvalue weighted by Crippen LogP contribution is -2.23. The molecule has 0 aliphatic heterocycles. The summed E-state index contributed by atoms with van der Waals surface area (Å²) >= 11 is 0. The van der Waals surface area contributed by atoms with Crippen LogP contribution in [0.2, 0.25) is 0 Å². The number of rotatable bonds is 9. The number of hydrogen-bond acceptors (Lipinski definition) is 5. The molecule has 2 rings (SSSR count). The zero-order chi connectivity index (χ0) is 19.8. The van der Waals surface area contributed by atoms with Gasteiger partial charge in [-0.25, -0.2) is 0 Å². The number of carbonyl (C=O) groups is 1. The molecule has 6 nitrogen and oxygen atoms in total. The highest BCUT2D eigenvalue weighted by Crippen LogP contribution is 2.28. The zero-order valence-electron chi connectivity index (χ0n) is 16.8. The molecule has 0 atom stereocenters. The lowest BCUT2D eigenvalue weighted by atomic mass is 10.1. The average molecular weight is 371 g/mol. The smallest absolute Gasteiger partial charge is 0.243 e. The molecule has 2 aromatic carbocycles. The van der Waals surface area contributed by atoms with E-state index in [1.165, 1.54) is 0 Å².